The molecular weight excluding hydrogens is 288 g/mol. The van der Waals surface area contributed by atoms with Gasteiger partial charge in [0.25, 0.3) is 0 Å². The molecule has 3 rings (SSSR count). The fourth-order valence-corrected chi connectivity index (χ4v) is 3.05. The van der Waals surface area contributed by atoms with Gasteiger partial charge in [-0.2, -0.15) is 0 Å². The van der Waals surface area contributed by atoms with E-state index >= 15 is 0 Å². The number of hydrogen-bond donors (Lipinski definition) is 0. The van der Waals surface area contributed by atoms with Crippen LogP contribution >= 0.6 is 0 Å². The summed E-state index contributed by atoms with van der Waals surface area (Å²) in [6, 6.07) is 7.61. The minimum atomic E-state index is 0.176. The fraction of sp³-hybridized carbons (Fsp3) is 0.421. The van der Waals surface area contributed by atoms with Crippen LogP contribution in [-0.4, -0.2) is 15.8 Å². The number of carbonyl (C=O) groups excluding carboxylic acids is 1. The molecule has 0 aliphatic heterocycles. The molecule has 0 fully saturated rings. The topological polar surface area (TPSA) is 52.1 Å². The first-order valence-electron chi connectivity index (χ1n) is 8.33. The Morgan fingerprint density at radius 2 is 2.09 bits per heavy atom. The van der Waals surface area contributed by atoms with Crippen LogP contribution in [0.15, 0.2) is 36.7 Å². The van der Waals surface area contributed by atoms with Crippen molar-refractivity contribution in [1.29, 1.82) is 0 Å². The highest BCUT2D eigenvalue weighted by molar-refractivity contribution is 6.00. The molecule has 1 aliphatic rings. The number of aromatic nitrogens is 2. The maximum absolute atomic E-state index is 12.7. The Labute approximate surface area is 136 Å². The summed E-state index contributed by atoms with van der Waals surface area (Å²) in [6.07, 6.45) is 8.60. The van der Waals surface area contributed by atoms with Crippen LogP contribution in [0, 0.1) is 5.92 Å². The summed E-state index contributed by atoms with van der Waals surface area (Å²) in [5.74, 6) is 1.80. The molecule has 0 amide bonds. The highest BCUT2D eigenvalue weighted by Crippen LogP contribution is 2.31. The Morgan fingerprint density at radius 3 is 2.87 bits per heavy atom. The van der Waals surface area contributed by atoms with Gasteiger partial charge in [0.2, 0.25) is 0 Å². The summed E-state index contributed by atoms with van der Waals surface area (Å²) in [6.45, 7) is 2.48. The van der Waals surface area contributed by atoms with Crippen LogP contribution < -0.4 is 4.74 Å². The molecule has 0 saturated heterocycles. The van der Waals surface area contributed by atoms with E-state index in [1.165, 1.54) is 0 Å². The van der Waals surface area contributed by atoms with Crippen molar-refractivity contribution in [3.8, 4) is 5.75 Å². The third kappa shape index (κ3) is 3.76. The number of ether oxygens (including phenoxy) is 1. The van der Waals surface area contributed by atoms with Crippen molar-refractivity contribution < 1.29 is 9.53 Å². The molecule has 120 valence electrons. The zero-order valence-corrected chi connectivity index (χ0v) is 13.5. The molecule has 1 aliphatic carbocycles. The quantitative estimate of drug-likeness (QED) is 0.809. The monoisotopic (exact) mass is 310 g/mol. The molecule has 1 atom stereocenters. The van der Waals surface area contributed by atoms with Gasteiger partial charge in [-0.25, -0.2) is 9.97 Å². The van der Waals surface area contributed by atoms with E-state index in [9.17, 15) is 4.79 Å². The van der Waals surface area contributed by atoms with Crippen molar-refractivity contribution in [2.75, 3.05) is 0 Å². The van der Waals surface area contributed by atoms with Crippen LogP contribution in [0.4, 0.5) is 0 Å². The standard InChI is InChI=1S/C19H22N2O2/c1-2-3-5-15-7-6-14-8-9-16(12-17(14)19(15)22)23-13-18-20-10-4-11-21-18/h4,8-12,15H,2-3,5-7,13H2,1H3. The maximum atomic E-state index is 12.7. The van der Waals surface area contributed by atoms with Crippen LogP contribution in [-0.2, 0) is 13.0 Å². The van der Waals surface area contributed by atoms with Crippen molar-refractivity contribution in [3.63, 3.8) is 0 Å². The first-order chi connectivity index (χ1) is 11.3. The van der Waals surface area contributed by atoms with Crippen molar-refractivity contribution >= 4 is 5.78 Å². The molecule has 4 nitrogen and oxygen atoms in total. The molecular formula is C19H22N2O2. The van der Waals surface area contributed by atoms with E-state index < -0.39 is 0 Å². The van der Waals surface area contributed by atoms with Gasteiger partial charge in [0.05, 0.1) is 0 Å². The number of Topliss-reactive ketones (excluding diaryl/α,β-unsaturated/α-hetero) is 1. The first-order valence-corrected chi connectivity index (χ1v) is 8.33. The molecule has 0 bridgehead atoms. The molecule has 2 aromatic rings. The molecule has 0 radical (unpaired) electrons. The Hall–Kier alpha value is -2.23. The van der Waals surface area contributed by atoms with Crippen LogP contribution in [0.1, 0.15) is 54.4 Å². The second kappa shape index (κ2) is 7.36. The van der Waals surface area contributed by atoms with Gasteiger partial charge < -0.3 is 4.74 Å². The largest absolute Gasteiger partial charge is 0.486 e. The third-order valence-electron chi connectivity index (χ3n) is 4.37. The lowest BCUT2D eigenvalue weighted by atomic mass is 9.80. The minimum absolute atomic E-state index is 0.176. The van der Waals surface area contributed by atoms with E-state index in [0.29, 0.717) is 18.2 Å². The number of hydrogen-bond acceptors (Lipinski definition) is 4. The molecule has 0 N–H and O–H groups in total. The van der Waals surface area contributed by atoms with E-state index in [-0.39, 0.29) is 11.7 Å². The number of benzene rings is 1. The molecule has 0 saturated carbocycles. The van der Waals surface area contributed by atoms with Gasteiger partial charge in [-0.3, -0.25) is 4.79 Å². The van der Waals surface area contributed by atoms with Gasteiger partial charge in [0.15, 0.2) is 11.6 Å². The summed E-state index contributed by atoms with van der Waals surface area (Å²) < 4.78 is 5.75. The van der Waals surface area contributed by atoms with E-state index in [1.807, 2.05) is 18.2 Å². The highest BCUT2D eigenvalue weighted by atomic mass is 16.5. The SMILES string of the molecule is CCCCC1CCc2ccc(OCc3ncccn3)cc2C1=O. The minimum Gasteiger partial charge on any atom is -0.486 e. The third-order valence-corrected chi connectivity index (χ3v) is 4.37. The molecule has 1 unspecified atom stereocenters. The van der Waals surface area contributed by atoms with E-state index in [2.05, 4.69) is 16.9 Å². The first kappa shape index (κ1) is 15.7. The zero-order chi connectivity index (χ0) is 16.1. The maximum Gasteiger partial charge on any atom is 0.166 e. The van der Waals surface area contributed by atoms with Crippen LogP contribution in [0.3, 0.4) is 0 Å². The zero-order valence-electron chi connectivity index (χ0n) is 13.5. The van der Waals surface area contributed by atoms with Gasteiger partial charge in [-0.15, -0.1) is 0 Å². The second-order valence-electron chi connectivity index (χ2n) is 6.01. The van der Waals surface area contributed by atoms with Gasteiger partial charge >= 0.3 is 0 Å². The van der Waals surface area contributed by atoms with Crippen molar-refractivity contribution in [2.24, 2.45) is 5.92 Å². The van der Waals surface area contributed by atoms with Gasteiger partial charge in [-0.1, -0.05) is 25.8 Å². The van der Waals surface area contributed by atoms with E-state index in [4.69, 9.17) is 4.74 Å². The van der Waals surface area contributed by atoms with Crippen LogP contribution in [0.2, 0.25) is 0 Å². The Bertz CT molecular complexity index is 670. The Morgan fingerprint density at radius 1 is 1.26 bits per heavy atom. The van der Waals surface area contributed by atoms with E-state index in [1.54, 1.807) is 18.5 Å². The number of aryl methyl sites for hydroxylation is 1. The van der Waals surface area contributed by atoms with Gasteiger partial charge in [-0.05, 0) is 43.0 Å². The highest BCUT2D eigenvalue weighted by Gasteiger charge is 2.27. The summed E-state index contributed by atoms with van der Waals surface area (Å²) in [5.41, 5.74) is 1.98. The fourth-order valence-electron chi connectivity index (χ4n) is 3.05. The number of ketones is 1. The Kier molecular flexibility index (Phi) is 5.01. The van der Waals surface area contributed by atoms with Crippen molar-refractivity contribution in [2.45, 2.75) is 45.6 Å². The number of rotatable bonds is 6. The predicted molar refractivity (Wildman–Crippen MR) is 88.5 cm³/mol. The molecule has 4 heteroatoms. The Balaban J connectivity index is 1.71. The average Bonchev–Trinajstić information content (AvgIpc) is 2.60. The molecule has 1 heterocycles. The lowest BCUT2D eigenvalue weighted by Crippen LogP contribution is -2.22. The number of fused-ring (bicyclic) bond motifs is 1. The summed E-state index contributed by atoms with van der Waals surface area (Å²) in [7, 11) is 0. The molecule has 23 heavy (non-hydrogen) atoms. The molecule has 1 aromatic heterocycles. The van der Waals surface area contributed by atoms with Gasteiger partial charge in [0, 0.05) is 23.9 Å². The smallest absolute Gasteiger partial charge is 0.166 e. The van der Waals surface area contributed by atoms with Crippen molar-refractivity contribution in [1.82, 2.24) is 9.97 Å². The predicted octanol–water partition coefficient (Wildman–Crippen LogP) is 3.99. The van der Waals surface area contributed by atoms with Crippen LogP contribution in [0.5, 0.6) is 5.75 Å². The van der Waals surface area contributed by atoms with Gasteiger partial charge in [0.1, 0.15) is 12.4 Å². The summed E-state index contributed by atoms with van der Waals surface area (Å²) in [4.78, 5) is 20.9. The molecule has 1 aromatic carbocycles. The normalized spacial score (nSPS) is 16.9. The van der Waals surface area contributed by atoms with Crippen molar-refractivity contribution in [3.05, 3.63) is 53.6 Å². The average molecular weight is 310 g/mol. The lowest BCUT2D eigenvalue weighted by Gasteiger charge is -2.23. The number of unbranched alkanes of at least 4 members (excludes halogenated alkanes) is 1. The molecule has 0 spiro atoms. The number of nitrogens with zero attached hydrogens (tertiary/aromatic N) is 2. The van der Waals surface area contributed by atoms with Crippen LogP contribution in [0.25, 0.3) is 0 Å². The lowest BCUT2D eigenvalue weighted by molar-refractivity contribution is 0.0892. The van der Waals surface area contributed by atoms with E-state index in [0.717, 1.165) is 43.2 Å². The number of carbonyl (C=O) groups is 1. The summed E-state index contributed by atoms with van der Waals surface area (Å²) in [5, 5.41) is 0. The summed E-state index contributed by atoms with van der Waals surface area (Å²) >= 11 is 0. The second-order valence-corrected chi connectivity index (χ2v) is 6.01.